The maximum Gasteiger partial charge on any atom is 0.352 e. The van der Waals surface area contributed by atoms with E-state index in [1.54, 1.807) is 6.20 Å². The second-order valence-electron chi connectivity index (χ2n) is 10.2. The summed E-state index contributed by atoms with van der Waals surface area (Å²) in [6, 6.07) is 8.92. The van der Waals surface area contributed by atoms with Gasteiger partial charge in [0.15, 0.2) is 0 Å². The van der Waals surface area contributed by atoms with Gasteiger partial charge in [-0.15, -0.1) is 0 Å². The maximum atomic E-state index is 14.6. The number of H-pyrrole nitrogens is 2. The number of carboxylic acid groups (broad SMARTS) is 1. The first kappa shape index (κ1) is 22.7. The number of aromatic amines is 2. The first-order valence-corrected chi connectivity index (χ1v) is 12.7. The van der Waals surface area contributed by atoms with Crippen LogP contribution < -0.4 is 4.74 Å². The lowest BCUT2D eigenvalue weighted by Gasteiger charge is -2.19. The third-order valence-electron chi connectivity index (χ3n) is 7.47. The first-order valence-electron chi connectivity index (χ1n) is 12.7. The van der Waals surface area contributed by atoms with Crippen molar-refractivity contribution in [2.75, 3.05) is 0 Å². The molecule has 0 bridgehead atoms. The second kappa shape index (κ2) is 8.70. The van der Waals surface area contributed by atoms with Crippen LogP contribution in [0.25, 0.3) is 39.4 Å². The Hall–Kier alpha value is -3.80. The Bertz CT molecular complexity index is 1520. The number of halogens is 1. The smallest absolute Gasteiger partial charge is 0.352 e. The number of aromatic nitrogens is 2. The van der Waals surface area contributed by atoms with Crippen molar-refractivity contribution in [2.24, 2.45) is 0 Å². The zero-order valence-corrected chi connectivity index (χ0v) is 20.5. The van der Waals surface area contributed by atoms with Gasteiger partial charge in [-0.1, -0.05) is 26.0 Å². The summed E-state index contributed by atoms with van der Waals surface area (Å²) in [4.78, 5) is 18.9. The number of aromatic carboxylic acids is 1. The Labute approximate surface area is 209 Å². The highest BCUT2D eigenvalue weighted by atomic mass is 19.1. The van der Waals surface area contributed by atoms with Crippen molar-refractivity contribution in [2.45, 2.75) is 58.0 Å². The normalized spacial score (nSPS) is 15.3. The van der Waals surface area contributed by atoms with Gasteiger partial charge >= 0.3 is 5.97 Å². The van der Waals surface area contributed by atoms with Crippen molar-refractivity contribution in [3.8, 4) is 28.1 Å². The Kier molecular flexibility index (Phi) is 5.47. The standard InChI is InChI=1S/C30H29FN2O3/c1-16(2)26-27(23-15-20(36-19-7-3-4-8-19)12-17-6-5-9-21(17)23)29(30(34)35)33-28(26)24-13-18(31)14-25-22(24)10-11-32-25/h5,9-16,19,32-33H,3-4,6-8H2,1-2H3,(H,34,35). The van der Waals surface area contributed by atoms with Crippen LogP contribution in [-0.2, 0) is 6.42 Å². The molecule has 0 spiro atoms. The number of benzene rings is 2. The van der Waals surface area contributed by atoms with E-state index >= 15 is 0 Å². The van der Waals surface area contributed by atoms with Gasteiger partial charge in [-0.25, -0.2) is 9.18 Å². The van der Waals surface area contributed by atoms with Gasteiger partial charge < -0.3 is 19.8 Å². The molecule has 0 amide bonds. The van der Waals surface area contributed by atoms with Crippen LogP contribution in [0, 0.1) is 5.82 Å². The largest absolute Gasteiger partial charge is 0.490 e. The van der Waals surface area contributed by atoms with E-state index < -0.39 is 5.97 Å². The highest BCUT2D eigenvalue weighted by molar-refractivity contribution is 6.03. The average Bonchev–Trinajstić information content (AvgIpc) is 3.63. The molecule has 36 heavy (non-hydrogen) atoms. The lowest BCUT2D eigenvalue weighted by Crippen LogP contribution is -2.11. The fourth-order valence-electron chi connectivity index (χ4n) is 5.91. The van der Waals surface area contributed by atoms with E-state index in [1.807, 2.05) is 26.0 Å². The van der Waals surface area contributed by atoms with Crippen LogP contribution in [0.1, 0.15) is 72.6 Å². The van der Waals surface area contributed by atoms with E-state index in [0.29, 0.717) is 22.3 Å². The molecular formula is C30H29FN2O3. The Morgan fingerprint density at radius 1 is 1.14 bits per heavy atom. The molecule has 2 aromatic carbocycles. The molecule has 1 saturated carbocycles. The van der Waals surface area contributed by atoms with E-state index in [2.05, 4.69) is 28.2 Å². The van der Waals surface area contributed by atoms with Gasteiger partial charge in [0.2, 0.25) is 0 Å². The molecule has 0 atom stereocenters. The van der Waals surface area contributed by atoms with Gasteiger partial charge in [-0.3, -0.25) is 0 Å². The zero-order valence-electron chi connectivity index (χ0n) is 20.5. The molecule has 2 aromatic heterocycles. The van der Waals surface area contributed by atoms with Crippen molar-refractivity contribution in [3.05, 3.63) is 70.8 Å². The van der Waals surface area contributed by atoms with Crippen LogP contribution in [0.15, 0.2) is 42.6 Å². The van der Waals surface area contributed by atoms with E-state index in [4.69, 9.17) is 4.74 Å². The number of carboxylic acids is 1. The van der Waals surface area contributed by atoms with Gasteiger partial charge in [0.05, 0.1) is 11.8 Å². The molecule has 184 valence electrons. The monoisotopic (exact) mass is 484 g/mol. The van der Waals surface area contributed by atoms with Crippen LogP contribution in [0.4, 0.5) is 4.39 Å². The van der Waals surface area contributed by atoms with Gasteiger partial charge in [0.25, 0.3) is 0 Å². The molecule has 6 rings (SSSR count). The molecule has 1 fully saturated rings. The topological polar surface area (TPSA) is 78.1 Å². The highest BCUT2D eigenvalue weighted by Crippen LogP contribution is 2.46. The van der Waals surface area contributed by atoms with E-state index in [1.165, 1.54) is 25.0 Å². The van der Waals surface area contributed by atoms with E-state index in [-0.39, 0.29) is 23.5 Å². The Morgan fingerprint density at radius 2 is 1.94 bits per heavy atom. The molecule has 2 aliphatic rings. The lowest BCUT2D eigenvalue weighted by atomic mass is 9.87. The number of allylic oxidation sites excluding steroid dienone is 1. The molecule has 2 heterocycles. The number of nitrogens with one attached hydrogen (secondary N) is 2. The lowest BCUT2D eigenvalue weighted by molar-refractivity contribution is 0.0692. The minimum absolute atomic E-state index is 0.0166. The van der Waals surface area contributed by atoms with Gasteiger partial charge in [-0.05, 0) is 90.6 Å². The number of rotatable bonds is 6. The Balaban J connectivity index is 1.62. The van der Waals surface area contributed by atoms with Crippen LogP contribution in [0.2, 0.25) is 0 Å². The van der Waals surface area contributed by atoms with Gasteiger partial charge in [-0.2, -0.15) is 0 Å². The summed E-state index contributed by atoms with van der Waals surface area (Å²) in [7, 11) is 0. The van der Waals surface area contributed by atoms with Gasteiger partial charge in [0, 0.05) is 28.2 Å². The number of fused-ring (bicyclic) bond motifs is 2. The van der Waals surface area contributed by atoms with Crippen LogP contribution in [-0.4, -0.2) is 27.1 Å². The molecule has 0 unspecified atom stereocenters. The quantitative estimate of drug-likeness (QED) is 0.263. The molecule has 5 nitrogen and oxygen atoms in total. The van der Waals surface area contributed by atoms with Crippen LogP contribution in [0.3, 0.4) is 0 Å². The van der Waals surface area contributed by atoms with Crippen molar-refractivity contribution >= 4 is 22.9 Å². The summed E-state index contributed by atoms with van der Waals surface area (Å²) < 4.78 is 21.0. The summed E-state index contributed by atoms with van der Waals surface area (Å²) >= 11 is 0. The summed E-state index contributed by atoms with van der Waals surface area (Å²) in [6.45, 7) is 4.09. The molecule has 0 radical (unpaired) electrons. The van der Waals surface area contributed by atoms with Crippen LogP contribution in [0.5, 0.6) is 5.75 Å². The van der Waals surface area contributed by atoms with Crippen LogP contribution >= 0.6 is 0 Å². The van der Waals surface area contributed by atoms with E-state index in [9.17, 15) is 14.3 Å². The third-order valence-corrected chi connectivity index (χ3v) is 7.47. The van der Waals surface area contributed by atoms with Crippen molar-refractivity contribution < 1.29 is 19.0 Å². The van der Waals surface area contributed by atoms with E-state index in [0.717, 1.165) is 52.7 Å². The Morgan fingerprint density at radius 3 is 2.69 bits per heavy atom. The molecule has 2 aliphatic carbocycles. The van der Waals surface area contributed by atoms with Crippen molar-refractivity contribution in [3.63, 3.8) is 0 Å². The minimum atomic E-state index is -1.04. The van der Waals surface area contributed by atoms with Crippen molar-refractivity contribution in [1.82, 2.24) is 9.97 Å². The molecular weight excluding hydrogens is 455 g/mol. The molecule has 6 heteroatoms. The maximum absolute atomic E-state index is 14.6. The summed E-state index contributed by atoms with van der Waals surface area (Å²) in [5.41, 5.74) is 6.59. The molecule has 0 saturated heterocycles. The van der Waals surface area contributed by atoms with Crippen molar-refractivity contribution in [1.29, 1.82) is 0 Å². The zero-order chi connectivity index (χ0) is 25.0. The average molecular weight is 485 g/mol. The SMILES string of the molecule is CC(C)c1c(-c2cc(F)cc3[nH]ccc23)[nH]c(C(=O)O)c1-c1cc(OC2CCCC2)cc2c1C=CC2. The summed E-state index contributed by atoms with van der Waals surface area (Å²) in [5, 5.41) is 11.1. The number of hydrogen-bond donors (Lipinski definition) is 3. The highest BCUT2D eigenvalue weighted by Gasteiger charge is 2.30. The fraction of sp³-hybridized carbons (Fsp3) is 0.300. The first-order chi connectivity index (χ1) is 17.4. The predicted molar refractivity (Wildman–Crippen MR) is 140 cm³/mol. The fourth-order valence-corrected chi connectivity index (χ4v) is 5.91. The number of hydrogen-bond acceptors (Lipinski definition) is 2. The molecule has 0 aliphatic heterocycles. The predicted octanol–water partition coefficient (Wildman–Crippen LogP) is 7.68. The minimum Gasteiger partial charge on any atom is -0.490 e. The summed E-state index contributed by atoms with van der Waals surface area (Å²) in [5.74, 6) is -0.653. The molecule has 4 aromatic rings. The molecule has 3 N–H and O–H groups in total. The third kappa shape index (κ3) is 3.72. The summed E-state index contributed by atoms with van der Waals surface area (Å²) in [6.07, 6.45) is 11.4. The second-order valence-corrected chi connectivity index (χ2v) is 10.2. The number of carbonyl (C=O) groups is 1. The van der Waals surface area contributed by atoms with Gasteiger partial charge in [0.1, 0.15) is 17.3 Å². The number of ether oxygens (including phenoxy) is 1.